The van der Waals surface area contributed by atoms with Gasteiger partial charge in [-0.3, -0.25) is 15.2 Å². The zero-order valence-corrected chi connectivity index (χ0v) is 18.5. The van der Waals surface area contributed by atoms with Crippen LogP contribution in [0, 0.1) is 0 Å². The highest BCUT2D eigenvalue weighted by molar-refractivity contribution is 6.30. The second-order valence-corrected chi connectivity index (χ2v) is 8.24. The molecule has 3 heterocycles. The summed E-state index contributed by atoms with van der Waals surface area (Å²) in [6.45, 7) is 3.60. The van der Waals surface area contributed by atoms with Gasteiger partial charge in [0, 0.05) is 43.9 Å². The Morgan fingerprint density at radius 3 is 2.70 bits per heavy atom. The number of hydrogen-bond donors (Lipinski definition) is 1. The number of carbonyl (C=O) groups is 1. The molecule has 2 aromatic carbocycles. The number of fused-ring (bicyclic) bond motifs is 1. The quantitative estimate of drug-likeness (QED) is 0.447. The normalized spacial score (nSPS) is 14.4. The standard InChI is InChI=1S/C24H22ClN5O3/c25-18-4-6-19(7-5-18)32-20-3-1-2-17(14-20)16-29-10-12-30(13-11-29)24(31)27-23-21-8-9-26-15-22(21)33-28-23/h1-9,14-15H,10-13,16H2,(H,27,28,31). The molecule has 0 unspecified atom stereocenters. The maximum atomic E-state index is 12.7. The van der Waals surface area contributed by atoms with Crippen molar-refractivity contribution >= 4 is 34.4 Å². The van der Waals surface area contributed by atoms with Crippen molar-refractivity contribution in [3.05, 3.63) is 77.6 Å². The van der Waals surface area contributed by atoms with Crippen LogP contribution in [0.5, 0.6) is 11.5 Å². The topological polar surface area (TPSA) is 83.7 Å². The van der Waals surface area contributed by atoms with Crippen LogP contribution in [0.3, 0.4) is 0 Å². The van der Waals surface area contributed by atoms with E-state index in [-0.39, 0.29) is 6.03 Å². The van der Waals surface area contributed by atoms with E-state index in [1.807, 2.05) is 30.3 Å². The average Bonchev–Trinajstić information content (AvgIpc) is 3.24. The van der Waals surface area contributed by atoms with Crippen LogP contribution in [-0.2, 0) is 6.54 Å². The fourth-order valence-electron chi connectivity index (χ4n) is 3.78. The summed E-state index contributed by atoms with van der Waals surface area (Å²) >= 11 is 5.94. The number of amides is 2. The van der Waals surface area contributed by atoms with Crippen molar-refractivity contribution in [1.29, 1.82) is 0 Å². The van der Waals surface area contributed by atoms with Crippen LogP contribution in [0.25, 0.3) is 11.0 Å². The number of aromatic nitrogens is 2. The molecule has 4 aromatic rings. The van der Waals surface area contributed by atoms with Gasteiger partial charge < -0.3 is 14.2 Å². The first-order valence-electron chi connectivity index (χ1n) is 10.6. The van der Waals surface area contributed by atoms with Gasteiger partial charge in [0.1, 0.15) is 11.5 Å². The number of piperazine rings is 1. The third-order valence-corrected chi connectivity index (χ3v) is 5.77. The lowest BCUT2D eigenvalue weighted by Crippen LogP contribution is -2.49. The number of rotatable bonds is 5. The minimum absolute atomic E-state index is 0.181. The molecule has 1 aliphatic rings. The average molecular weight is 464 g/mol. The molecule has 1 fully saturated rings. The van der Waals surface area contributed by atoms with Gasteiger partial charge in [-0.1, -0.05) is 28.9 Å². The number of urea groups is 1. The summed E-state index contributed by atoms with van der Waals surface area (Å²) in [5, 5.41) is 8.20. The molecular weight excluding hydrogens is 442 g/mol. The zero-order chi connectivity index (χ0) is 22.6. The van der Waals surface area contributed by atoms with Crippen molar-refractivity contribution in [1.82, 2.24) is 19.9 Å². The van der Waals surface area contributed by atoms with Gasteiger partial charge in [0.25, 0.3) is 0 Å². The molecule has 33 heavy (non-hydrogen) atoms. The molecule has 9 heteroatoms. The SMILES string of the molecule is O=C(Nc1noc2cnccc12)N1CCN(Cc2cccc(Oc3ccc(Cl)cc3)c2)CC1. The molecule has 0 saturated carbocycles. The van der Waals surface area contributed by atoms with E-state index in [1.165, 1.54) is 0 Å². The fraction of sp³-hybridized carbons (Fsp3) is 0.208. The summed E-state index contributed by atoms with van der Waals surface area (Å²) in [6, 6.07) is 16.9. The molecule has 2 aromatic heterocycles. The number of hydrogen-bond acceptors (Lipinski definition) is 6. The second kappa shape index (κ2) is 9.48. The molecule has 0 bridgehead atoms. The first-order valence-corrected chi connectivity index (χ1v) is 11.0. The van der Waals surface area contributed by atoms with E-state index in [0.717, 1.165) is 42.1 Å². The largest absolute Gasteiger partial charge is 0.457 e. The third kappa shape index (κ3) is 5.08. The van der Waals surface area contributed by atoms with Gasteiger partial charge in [-0.05, 0) is 48.0 Å². The lowest BCUT2D eigenvalue weighted by atomic mass is 10.2. The Morgan fingerprint density at radius 1 is 1.06 bits per heavy atom. The van der Waals surface area contributed by atoms with Crippen LogP contribution in [0.2, 0.25) is 5.02 Å². The molecule has 0 radical (unpaired) electrons. The maximum Gasteiger partial charge on any atom is 0.323 e. The summed E-state index contributed by atoms with van der Waals surface area (Å²) in [7, 11) is 0. The van der Waals surface area contributed by atoms with Crippen molar-refractivity contribution < 1.29 is 14.1 Å². The van der Waals surface area contributed by atoms with Gasteiger partial charge in [0.2, 0.25) is 0 Å². The van der Waals surface area contributed by atoms with Gasteiger partial charge in [-0.15, -0.1) is 0 Å². The Morgan fingerprint density at radius 2 is 1.88 bits per heavy atom. The van der Waals surface area contributed by atoms with Crippen molar-refractivity contribution in [2.75, 3.05) is 31.5 Å². The predicted molar refractivity (Wildman–Crippen MR) is 126 cm³/mol. The van der Waals surface area contributed by atoms with Gasteiger partial charge in [0.05, 0.1) is 11.6 Å². The van der Waals surface area contributed by atoms with Gasteiger partial charge >= 0.3 is 6.03 Å². The lowest BCUT2D eigenvalue weighted by molar-refractivity contribution is 0.143. The van der Waals surface area contributed by atoms with Crippen molar-refractivity contribution in [3.63, 3.8) is 0 Å². The van der Waals surface area contributed by atoms with Crippen LogP contribution >= 0.6 is 11.6 Å². The molecule has 2 amide bonds. The van der Waals surface area contributed by atoms with Gasteiger partial charge in [-0.25, -0.2) is 4.79 Å². The Balaban J connectivity index is 1.14. The summed E-state index contributed by atoms with van der Waals surface area (Å²) in [5.41, 5.74) is 1.70. The highest BCUT2D eigenvalue weighted by Gasteiger charge is 2.22. The molecular formula is C24H22ClN5O3. The Kier molecular flexibility index (Phi) is 6.10. The number of halogens is 1. The first kappa shape index (κ1) is 21.2. The highest BCUT2D eigenvalue weighted by Crippen LogP contribution is 2.25. The second-order valence-electron chi connectivity index (χ2n) is 7.80. The Labute approximate surface area is 195 Å². The van der Waals surface area contributed by atoms with Crippen molar-refractivity contribution in [3.8, 4) is 11.5 Å². The monoisotopic (exact) mass is 463 g/mol. The fourth-order valence-corrected chi connectivity index (χ4v) is 3.90. The van der Waals surface area contributed by atoms with Crippen LogP contribution in [0.15, 0.2) is 71.5 Å². The van der Waals surface area contributed by atoms with Gasteiger partial charge in [-0.2, -0.15) is 0 Å². The molecule has 1 saturated heterocycles. The highest BCUT2D eigenvalue weighted by atomic mass is 35.5. The smallest absolute Gasteiger partial charge is 0.323 e. The number of nitrogens with zero attached hydrogens (tertiary/aromatic N) is 4. The van der Waals surface area contributed by atoms with Crippen molar-refractivity contribution in [2.45, 2.75) is 6.54 Å². The van der Waals surface area contributed by atoms with Crippen LogP contribution in [-0.4, -0.2) is 52.2 Å². The van der Waals surface area contributed by atoms with E-state index >= 15 is 0 Å². The van der Waals surface area contributed by atoms with Crippen LogP contribution in [0.1, 0.15) is 5.56 Å². The predicted octanol–water partition coefficient (Wildman–Crippen LogP) is 5.02. The van der Waals surface area contributed by atoms with Gasteiger partial charge in [0.15, 0.2) is 11.4 Å². The summed E-state index contributed by atoms with van der Waals surface area (Å²) < 4.78 is 11.1. The minimum atomic E-state index is -0.181. The number of anilines is 1. The van der Waals surface area contributed by atoms with E-state index in [1.54, 1.807) is 35.5 Å². The first-order chi connectivity index (χ1) is 16.1. The van der Waals surface area contributed by atoms with E-state index < -0.39 is 0 Å². The minimum Gasteiger partial charge on any atom is -0.457 e. The molecule has 5 rings (SSSR count). The van der Waals surface area contributed by atoms with E-state index in [4.69, 9.17) is 20.9 Å². The molecule has 8 nitrogen and oxygen atoms in total. The van der Waals surface area contributed by atoms with Crippen LogP contribution < -0.4 is 10.1 Å². The third-order valence-electron chi connectivity index (χ3n) is 5.51. The summed E-state index contributed by atoms with van der Waals surface area (Å²) in [5.74, 6) is 1.94. The summed E-state index contributed by atoms with van der Waals surface area (Å²) in [6.07, 6.45) is 3.22. The maximum absolute atomic E-state index is 12.7. The number of nitrogens with one attached hydrogen (secondary N) is 1. The lowest BCUT2D eigenvalue weighted by Gasteiger charge is -2.34. The number of pyridine rings is 1. The van der Waals surface area contributed by atoms with E-state index in [0.29, 0.717) is 29.5 Å². The molecule has 0 atom stereocenters. The molecule has 0 aliphatic carbocycles. The Hall–Kier alpha value is -3.62. The van der Waals surface area contributed by atoms with Crippen molar-refractivity contribution in [2.24, 2.45) is 0 Å². The molecule has 168 valence electrons. The number of carbonyl (C=O) groups excluding carboxylic acids is 1. The molecule has 1 aliphatic heterocycles. The zero-order valence-electron chi connectivity index (χ0n) is 17.8. The van der Waals surface area contributed by atoms with Crippen LogP contribution in [0.4, 0.5) is 10.6 Å². The number of ether oxygens (including phenoxy) is 1. The molecule has 1 N–H and O–H groups in total. The van der Waals surface area contributed by atoms with E-state index in [2.05, 4.69) is 26.4 Å². The number of benzene rings is 2. The van der Waals surface area contributed by atoms with E-state index in [9.17, 15) is 4.79 Å². The Bertz CT molecular complexity index is 1250. The molecule has 0 spiro atoms. The summed E-state index contributed by atoms with van der Waals surface area (Å²) in [4.78, 5) is 20.8.